The number of amides is 1. The monoisotopic (exact) mass is 287 g/mol. The molecular formula is C17H25N3O. The highest BCUT2D eigenvalue weighted by atomic mass is 16.2. The molecule has 0 spiro atoms. The summed E-state index contributed by atoms with van der Waals surface area (Å²) in [6.45, 7) is 6.65. The van der Waals surface area contributed by atoms with Gasteiger partial charge in [0, 0.05) is 39.3 Å². The minimum atomic E-state index is 0.208. The fraction of sp³-hybridized carbons (Fsp3) is 0.588. The summed E-state index contributed by atoms with van der Waals surface area (Å²) < 4.78 is 0. The Morgan fingerprint density at radius 2 is 1.90 bits per heavy atom. The molecule has 2 saturated heterocycles. The molecule has 0 aliphatic carbocycles. The van der Waals surface area contributed by atoms with Gasteiger partial charge in [-0.1, -0.05) is 30.3 Å². The van der Waals surface area contributed by atoms with Gasteiger partial charge in [0.15, 0.2) is 0 Å². The van der Waals surface area contributed by atoms with E-state index in [1.165, 1.54) is 5.56 Å². The third-order valence-electron chi connectivity index (χ3n) is 4.58. The number of rotatable bonds is 3. The van der Waals surface area contributed by atoms with Crippen LogP contribution in [0.5, 0.6) is 0 Å². The summed E-state index contributed by atoms with van der Waals surface area (Å²) in [7, 11) is 0. The first-order valence-corrected chi connectivity index (χ1v) is 8.09. The predicted octanol–water partition coefficient (Wildman–Crippen LogP) is 1.33. The lowest BCUT2D eigenvalue weighted by Crippen LogP contribution is -2.51. The van der Waals surface area contributed by atoms with Crippen molar-refractivity contribution < 1.29 is 4.79 Å². The van der Waals surface area contributed by atoms with Crippen molar-refractivity contribution in [3.05, 3.63) is 35.9 Å². The van der Waals surface area contributed by atoms with Gasteiger partial charge in [0.1, 0.15) is 0 Å². The Balaban J connectivity index is 1.47. The van der Waals surface area contributed by atoms with Gasteiger partial charge in [-0.3, -0.25) is 9.69 Å². The molecule has 1 aromatic rings. The average Bonchev–Trinajstić information content (AvgIpc) is 2.57. The topological polar surface area (TPSA) is 35.6 Å². The third-order valence-corrected chi connectivity index (χ3v) is 4.58. The van der Waals surface area contributed by atoms with Gasteiger partial charge in [0.05, 0.1) is 5.92 Å². The second-order valence-electron chi connectivity index (χ2n) is 6.13. The van der Waals surface area contributed by atoms with Crippen molar-refractivity contribution >= 4 is 5.91 Å². The summed E-state index contributed by atoms with van der Waals surface area (Å²) >= 11 is 0. The van der Waals surface area contributed by atoms with Gasteiger partial charge in [-0.05, 0) is 24.9 Å². The van der Waals surface area contributed by atoms with Crippen LogP contribution in [0.2, 0.25) is 0 Å². The number of carbonyl (C=O) groups excluding carboxylic acids is 1. The average molecular weight is 287 g/mol. The van der Waals surface area contributed by atoms with Crippen molar-refractivity contribution in [3.63, 3.8) is 0 Å². The Bertz CT molecular complexity index is 448. The number of piperazine rings is 1. The van der Waals surface area contributed by atoms with Gasteiger partial charge < -0.3 is 10.2 Å². The molecule has 1 unspecified atom stereocenters. The highest BCUT2D eigenvalue weighted by molar-refractivity contribution is 5.79. The van der Waals surface area contributed by atoms with Gasteiger partial charge in [0.2, 0.25) is 5.91 Å². The van der Waals surface area contributed by atoms with Crippen LogP contribution >= 0.6 is 0 Å². The van der Waals surface area contributed by atoms with Crippen LogP contribution in [0.25, 0.3) is 0 Å². The summed E-state index contributed by atoms with van der Waals surface area (Å²) in [6.07, 6.45) is 2.18. The van der Waals surface area contributed by atoms with Crippen molar-refractivity contribution in [1.29, 1.82) is 0 Å². The van der Waals surface area contributed by atoms with Crippen molar-refractivity contribution in [1.82, 2.24) is 15.1 Å². The zero-order chi connectivity index (χ0) is 14.5. The molecule has 2 aliphatic rings. The Labute approximate surface area is 127 Å². The molecule has 21 heavy (non-hydrogen) atoms. The number of carbonyl (C=O) groups is 1. The van der Waals surface area contributed by atoms with Crippen LogP contribution in [0.4, 0.5) is 0 Å². The van der Waals surface area contributed by atoms with E-state index in [0.717, 1.165) is 58.7 Å². The molecule has 4 heteroatoms. The van der Waals surface area contributed by atoms with Crippen LogP contribution < -0.4 is 5.32 Å². The molecule has 4 nitrogen and oxygen atoms in total. The highest BCUT2D eigenvalue weighted by Crippen LogP contribution is 2.16. The number of nitrogens with zero attached hydrogens (tertiary/aromatic N) is 2. The quantitative estimate of drug-likeness (QED) is 0.911. The maximum atomic E-state index is 12.5. The van der Waals surface area contributed by atoms with Crippen molar-refractivity contribution in [2.75, 3.05) is 39.3 Å². The highest BCUT2D eigenvalue weighted by Gasteiger charge is 2.28. The molecule has 114 valence electrons. The van der Waals surface area contributed by atoms with E-state index in [4.69, 9.17) is 0 Å². The zero-order valence-corrected chi connectivity index (χ0v) is 12.6. The first-order valence-electron chi connectivity index (χ1n) is 8.09. The standard InChI is InChI=1S/C17H25N3O/c21-17(16-7-4-8-18-13-16)20-11-9-19(10-12-20)14-15-5-2-1-3-6-15/h1-3,5-6,16,18H,4,7-14H2. The van der Waals surface area contributed by atoms with Crippen LogP contribution in [-0.4, -0.2) is 55.0 Å². The number of benzene rings is 1. The van der Waals surface area contributed by atoms with E-state index in [1.807, 2.05) is 0 Å². The fourth-order valence-electron chi connectivity index (χ4n) is 3.29. The molecule has 1 N–H and O–H groups in total. The van der Waals surface area contributed by atoms with E-state index in [1.54, 1.807) is 0 Å². The van der Waals surface area contributed by atoms with Crippen molar-refractivity contribution in [2.24, 2.45) is 5.92 Å². The smallest absolute Gasteiger partial charge is 0.227 e. The largest absolute Gasteiger partial charge is 0.340 e. The summed E-state index contributed by atoms with van der Waals surface area (Å²) in [5, 5.41) is 3.34. The molecule has 0 aromatic heterocycles. The van der Waals surface area contributed by atoms with Crippen molar-refractivity contribution in [2.45, 2.75) is 19.4 Å². The Morgan fingerprint density at radius 3 is 2.57 bits per heavy atom. The lowest BCUT2D eigenvalue weighted by molar-refractivity contribution is -0.137. The van der Waals surface area contributed by atoms with Crippen LogP contribution in [-0.2, 0) is 11.3 Å². The fourth-order valence-corrected chi connectivity index (χ4v) is 3.29. The molecule has 1 atom stereocenters. The van der Waals surface area contributed by atoms with E-state index in [9.17, 15) is 4.79 Å². The van der Waals surface area contributed by atoms with E-state index in [0.29, 0.717) is 5.91 Å². The van der Waals surface area contributed by atoms with Gasteiger partial charge in [-0.2, -0.15) is 0 Å². The van der Waals surface area contributed by atoms with Crippen LogP contribution in [0.1, 0.15) is 18.4 Å². The Hall–Kier alpha value is -1.39. The second-order valence-corrected chi connectivity index (χ2v) is 6.13. The molecular weight excluding hydrogens is 262 g/mol. The summed E-state index contributed by atoms with van der Waals surface area (Å²) in [6, 6.07) is 10.6. The maximum absolute atomic E-state index is 12.5. The number of hydrogen-bond acceptors (Lipinski definition) is 3. The molecule has 1 amide bonds. The number of hydrogen-bond donors (Lipinski definition) is 1. The SMILES string of the molecule is O=C(C1CCCNC1)N1CCN(Cc2ccccc2)CC1. The molecule has 1 aromatic carbocycles. The number of nitrogens with one attached hydrogen (secondary N) is 1. The molecule has 3 rings (SSSR count). The van der Waals surface area contributed by atoms with Gasteiger partial charge in [-0.15, -0.1) is 0 Å². The number of piperidine rings is 1. The van der Waals surface area contributed by atoms with E-state index < -0.39 is 0 Å². The zero-order valence-electron chi connectivity index (χ0n) is 12.6. The van der Waals surface area contributed by atoms with Crippen LogP contribution in [0.15, 0.2) is 30.3 Å². The summed E-state index contributed by atoms with van der Waals surface area (Å²) in [5.74, 6) is 0.570. The van der Waals surface area contributed by atoms with E-state index >= 15 is 0 Å². The minimum Gasteiger partial charge on any atom is -0.340 e. The van der Waals surface area contributed by atoms with E-state index in [-0.39, 0.29) is 5.92 Å². The lowest BCUT2D eigenvalue weighted by Gasteiger charge is -2.37. The Kier molecular flexibility index (Phi) is 4.88. The molecule has 2 fully saturated rings. The minimum absolute atomic E-state index is 0.208. The maximum Gasteiger partial charge on any atom is 0.227 e. The van der Waals surface area contributed by atoms with Crippen LogP contribution in [0.3, 0.4) is 0 Å². The summed E-state index contributed by atoms with van der Waals surface area (Å²) in [5.41, 5.74) is 1.36. The first kappa shape index (κ1) is 14.5. The van der Waals surface area contributed by atoms with E-state index in [2.05, 4.69) is 45.4 Å². The third kappa shape index (κ3) is 3.83. The van der Waals surface area contributed by atoms with Crippen molar-refractivity contribution in [3.8, 4) is 0 Å². The molecule has 2 heterocycles. The van der Waals surface area contributed by atoms with Gasteiger partial charge >= 0.3 is 0 Å². The molecule has 0 saturated carbocycles. The second kappa shape index (κ2) is 7.05. The summed E-state index contributed by atoms with van der Waals surface area (Å²) in [4.78, 5) is 17.0. The normalized spacial score (nSPS) is 24.0. The van der Waals surface area contributed by atoms with Crippen LogP contribution in [0, 0.1) is 5.92 Å². The lowest BCUT2D eigenvalue weighted by atomic mass is 9.98. The predicted molar refractivity (Wildman–Crippen MR) is 83.9 cm³/mol. The molecule has 0 bridgehead atoms. The Morgan fingerprint density at radius 1 is 1.14 bits per heavy atom. The molecule has 0 radical (unpaired) electrons. The van der Waals surface area contributed by atoms with Gasteiger partial charge in [-0.25, -0.2) is 0 Å². The molecule has 2 aliphatic heterocycles. The first-order chi connectivity index (χ1) is 10.3. The van der Waals surface area contributed by atoms with Gasteiger partial charge in [0.25, 0.3) is 0 Å².